The molecule has 3 nitrogen and oxygen atoms in total. The third kappa shape index (κ3) is 1.21. The number of allylic oxidation sites excluding steroid dienone is 1. The van der Waals surface area contributed by atoms with E-state index in [1.165, 1.54) is 16.6 Å². The smallest absolute Gasteiger partial charge is 0.263 e. The molecule has 5 heteroatoms. The van der Waals surface area contributed by atoms with Crippen LogP contribution in [0.5, 0.6) is 0 Å². The molecule has 0 radical (unpaired) electrons. The van der Waals surface area contributed by atoms with Gasteiger partial charge in [-0.1, -0.05) is 18.3 Å². The number of thioether (sulfide) groups is 1. The van der Waals surface area contributed by atoms with Crippen molar-refractivity contribution in [2.24, 2.45) is 0 Å². The van der Waals surface area contributed by atoms with Crippen LogP contribution in [0.4, 0.5) is 0 Å². The molecule has 16 heavy (non-hydrogen) atoms. The van der Waals surface area contributed by atoms with Gasteiger partial charge in [0.05, 0.1) is 11.9 Å². The molecule has 3 heterocycles. The average molecular weight is 250 g/mol. The molecule has 2 aromatic heterocycles. The fourth-order valence-corrected chi connectivity index (χ4v) is 3.79. The number of fused-ring (bicyclic) bond motifs is 2. The Labute approximate surface area is 101 Å². The molecule has 3 rings (SSSR count). The third-order valence-electron chi connectivity index (χ3n) is 2.82. The summed E-state index contributed by atoms with van der Waals surface area (Å²) in [6.07, 6.45) is 0. The van der Waals surface area contributed by atoms with E-state index >= 15 is 0 Å². The van der Waals surface area contributed by atoms with Crippen LogP contribution >= 0.6 is 23.1 Å². The van der Waals surface area contributed by atoms with E-state index in [2.05, 4.69) is 11.6 Å². The van der Waals surface area contributed by atoms with Gasteiger partial charge in [0.2, 0.25) is 0 Å². The molecular formula is C11H10N2OS2. The molecule has 0 aliphatic carbocycles. The van der Waals surface area contributed by atoms with Crippen LogP contribution in [0.3, 0.4) is 0 Å². The first kappa shape index (κ1) is 10.1. The summed E-state index contributed by atoms with van der Waals surface area (Å²) in [6, 6.07) is 0. The van der Waals surface area contributed by atoms with E-state index in [1.807, 2.05) is 13.8 Å². The molecule has 82 valence electrons. The number of aryl methyl sites for hydroxylation is 2. The highest BCUT2D eigenvalue weighted by atomic mass is 32.2. The van der Waals surface area contributed by atoms with Gasteiger partial charge >= 0.3 is 0 Å². The van der Waals surface area contributed by atoms with Crippen LogP contribution in [-0.2, 0) is 6.54 Å². The summed E-state index contributed by atoms with van der Waals surface area (Å²) in [5.74, 6) is 0. The maximum atomic E-state index is 12.3. The summed E-state index contributed by atoms with van der Waals surface area (Å²) in [7, 11) is 0. The Morgan fingerprint density at radius 3 is 2.94 bits per heavy atom. The Morgan fingerprint density at radius 2 is 2.19 bits per heavy atom. The molecule has 0 N–H and O–H groups in total. The van der Waals surface area contributed by atoms with Gasteiger partial charge in [0, 0.05) is 9.78 Å². The van der Waals surface area contributed by atoms with Crippen LogP contribution in [0.1, 0.15) is 10.4 Å². The maximum Gasteiger partial charge on any atom is 0.263 e. The summed E-state index contributed by atoms with van der Waals surface area (Å²) in [4.78, 5) is 19.8. The van der Waals surface area contributed by atoms with E-state index in [1.54, 1.807) is 15.9 Å². The second-order valence-corrected chi connectivity index (χ2v) is 6.24. The highest BCUT2D eigenvalue weighted by molar-refractivity contribution is 8.03. The van der Waals surface area contributed by atoms with Gasteiger partial charge in [0.1, 0.15) is 4.83 Å². The van der Waals surface area contributed by atoms with Gasteiger partial charge < -0.3 is 0 Å². The normalized spacial score (nSPS) is 14.8. The van der Waals surface area contributed by atoms with Crippen molar-refractivity contribution in [1.82, 2.24) is 9.55 Å². The lowest BCUT2D eigenvalue weighted by Gasteiger charge is -2.00. The summed E-state index contributed by atoms with van der Waals surface area (Å²) in [5, 5.41) is 1.56. The van der Waals surface area contributed by atoms with Crippen molar-refractivity contribution in [3.05, 3.63) is 32.3 Å². The predicted octanol–water partition coefficient (Wildman–Crippen LogP) is 2.69. The zero-order valence-electron chi connectivity index (χ0n) is 9.03. The van der Waals surface area contributed by atoms with Crippen molar-refractivity contribution in [3.8, 4) is 0 Å². The number of thiophene rings is 1. The molecule has 0 aromatic carbocycles. The molecule has 2 aromatic rings. The minimum Gasteiger partial charge on any atom is -0.282 e. The zero-order valence-corrected chi connectivity index (χ0v) is 10.7. The Bertz CT molecular complexity index is 681. The third-order valence-corrected chi connectivity index (χ3v) is 4.84. The largest absolute Gasteiger partial charge is 0.282 e. The Kier molecular flexibility index (Phi) is 2.03. The van der Waals surface area contributed by atoms with Gasteiger partial charge in [-0.15, -0.1) is 11.3 Å². The highest BCUT2D eigenvalue weighted by Gasteiger charge is 2.21. The van der Waals surface area contributed by atoms with E-state index < -0.39 is 0 Å². The maximum absolute atomic E-state index is 12.3. The predicted molar refractivity (Wildman–Crippen MR) is 68.4 cm³/mol. The van der Waals surface area contributed by atoms with Gasteiger partial charge in [0.15, 0.2) is 5.16 Å². The minimum absolute atomic E-state index is 0.0769. The van der Waals surface area contributed by atoms with E-state index in [0.29, 0.717) is 6.54 Å². The molecule has 0 spiro atoms. The fourth-order valence-electron chi connectivity index (χ4n) is 1.86. The summed E-state index contributed by atoms with van der Waals surface area (Å²) in [6.45, 7) is 8.50. The van der Waals surface area contributed by atoms with E-state index in [0.717, 1.165) is 25.8 Å². The van der Waals surface area contributed by atoms with Gasteiger partial charge in [-0.25, -0.2) is 4.98 Å². The molecule has 0 fully saturated rings. The first-order chi connectivity index (χ1) is 7.58. The van der Waals surface area contributed by atoms with E-state index in [-0.39, 0.29) is 5.56 Å². The zero-order chi connectivity index (χ0) is 11.4. The monoisotopic (exact) mass is 250 g/mol. The number of nitrogens with zero attached hydrogens (tertiary/aromatic N) is 2. The Balaban J connectivity index is 2.47. The van der Waals surface area contributed by atoms with Crippen molar-refractivity contribution in [2.45, 2.75) is 25.5 Å². The van der Waals surface area contributed by atoms with Crippen molar-refractivity contribution in [3.63, 3.8) is 0 Å². The van der Waals surface area contributed by atoms with Crippen molar-refractivity contribution < 1.29 is 0 Å². The fraction of sp³-hybridized carbons (Fsp3) is 0.273. The first-order valence-electron chi connectivity index (χ1n) is 4.94. The van der Waals surface area contributed by atoms with E-state index in [4.69, 9.17) is 0 Å². The first-order valence-corrected chi connectivity index (χ1v) is 6.57. The number of rotatable bonds is 0. The average Bonchev–Trinajstić information content (AvgIpc) is 2.70. The van der Waals surface area contributed by atoms with Crippen LogP contribution in [0.25, 0.3) is 10.2 Å². The van der Waals surface area contributed by atoms with Crippen LogP contribution < -0.4 is 5.56 Å². The molecule has 0 saturated carbocycles. The SMILES string of the molecule is C=C1Cn2c(nc3sc(C)c(C)c3c2=O)S1. The van der Waals surface area contributed by atoms with Crippen molar-refractivity contribution in [1.29, 1.82) is 0 Å². The van der Waals surface area contributed by atoms with Crippen molar-refractivity contribution in [2.75, 3.05) is 0 Å². The van der Waals surface area contributed by atoms with E-state index in [9.17, 15) is 4.79 Å². The second-order valence-electron chi connectivity index (χ2n) is 3.89. The topological polar surface area (TPSA) is 34.9 Å². The molecular weight excluding hydrogens is 240 g/mol. The molecule has 1 aliphatic heterocycles. The van der Waals surface area contributed by atoms with Crippen LogP contribution in [-0.4, -0.2) is 9.55 Å². The number of aromatic nitrogens is 2. The molecule has 0 saturated heterocycles. The summed E-state index contributed by atoms with van der Waals surface area (Å²) < 4.78 is 1.72. The Hall–Kier alpha value is -1.07. The summed E-state index contributed by atoms with van der Waals surface area (Å²) >= 11 is 3.09. The quantitative estimate of drug-likeness (QED) is 0.674. The Morgan fingerprint density at radius 1 is 1.44 bits per heavy atom. The molecule has 0 amide bonds. The minimum atomic E-state index is 0.0769. The lowest BCUT2D eigenvalue weighted by Crippen LogP contribution is -2.19. The van der Waals surface area contributed by atoms with Gasteiger partial charge in [-0.3, -0.25) is 9.36 Å². The van der Waals surface area contributed by atoms with Crippen LogP contribution in [0, 0.1) is 13.8 Å². The van der Waals surface area contributed by atoms with Gasteiger partial charge in [-0.05, 0) is 19.4 Å². The standard InChI is InChI=1S/C11H10N2OS2/c1-5-4-13-10(14)8-6(2)7(3)16-9(8)12-11(13)15-5/h1,4H2,2-3H3. The second kappa shape index (κ2) is 3.21. The number of hydrogen-bond donors (Lipinski definition) is 0. The molecule has 1 aliphatic rings. The lowest BCUT2D eigenvalue weighted by atomic mass is 10.2. The van der Waals surface area contributed by atoms with Crippen LogP contribution in [0.15, 0.2) is 21.4 Å². The van der Waals surface area contributed by atoms with Gasteiger partial charge in [0.25, 0.3) is 5.56 Å². The van der Waals surface area contributed by atoms with Gasteiger partial charge in [-0.2, -0.15) is 0 Å². The lowest BCUT2D eigenvalue weighted by molar-refractivity contribution is 0.690. The summed E-state index contributed by atoms with van der Waals surface area (Å²) in [5.41, 5.74) is 1.14. The molecule has 0 unspecified atom stereocenters. The van der Waals surface area contributed by atoms with Crippen molar-refractivity contribution >= 4 is 33.3 Å². The molecule has 0 atom stereocenters. The van der Waals surface area contributed by atoms with Crippen LogP contribution in [0.2, 0.25) is 0 Å². The molecule has 0 bridgehead atoms. The highest BCUT2D eigenvalue weighted by Crippen LogP contribution is 2.34. The number of hydrogen-bond acceptors (Lipinski definition) is 4.